The van der Waals surface area contributed by atoms with Crippen LogP contribution in [-0.4, -0.2) is 36.2 Å². The monoisotopic (exact) mass is 398 g/mol. The summed E-state index contributed by atoms with van der Waals surface area (Å²) in [6.45, 7) is 3.97. The third-order valence-corrected chi connectivity index (χ3v) is 4.69. The van der Waals surface area contributed by atoms with Gasteiger partial charge in [-0.15, -0.1) is 0 Å². The molecule has 6 N–H and O–H groups in total. The van der Waals surface area contributed by atoms with Crippen LogP contribution >= 0.6 is 0 Å². The predicted molar refractivity (Wildman–Crippen MR) is 113 cm³/mol. The van der Waals surface area contributed by atoms with E-state index in [1.54, 1.807) is 12.1 Å². The largest absolute Gasteiger partial charge is 0.339 e. The van der Waals surface area contributed by atoms with Crippen molar-refractivity contribution in [2.45, 2.75) is 38.8 Å². The smallest absolute Gasteiger partial charge is 0.267 e. The maximum absolute atomic E-state index is 12.3. The second-order valence-corrected chi connectivity index (χ2v) is 6.90. The van der Waals surface area contributed by atoms with Crippen molar-refractivity contribution in [3.05, 3.63) is 59.7 Å². The minimum absolute atomic E-state index is 0.115. The Morgan fingerprint density at radius 2 is 1.62 bits per heavy atom. The van der Waals surface area contributed by atoms with Crippen LogP contribution in [0.15, 0.2) is 48.5 Å². The van der Waals surface area contributed by atoms with Gasteiger partial charge in [0, 0.05) is 18.7 Å². The maximum Gasteiger partial charge on any atom is 0.267 e. The van der Waals surface area contributed by atoms with Crippen molar-refractivity contribution in [2.24, 2.45) is 5.73 Å². The van der Waals surface area contributed by atoms with E-state index in [9.17, 15) is 9.59 Å². The van der Waals surface area contributed by atoms with Crippen LogP contribution in [0, 0.1) is 0 Å². The number of amides is 2. The summed E-state index contributed by atoms with van der Waals surface area (Å²) in [5, 5.41) is 14.6. The van der Waals surface area contributed by atoms with Crippen molar-refractivity contribution in [3.63, 3.8) is 0 Å². The second-order valence-electron chi connectivity index (χ2n) is 6.90. The average Bonchev–Trinajstić information content (AvgIpc) is 2.77. The lowest BCUT2D eigenvalue weighted by Crippen LogP contribution is -2.50. The first-order chi connectivity index (χ1) is 14.1. The molecule has 0 saturated heterocycles. The Balaban J connectivity index is 1.93. The first-order valence-electron chi connectivity index (χ1n) is 9.94. The van der Waals surface area contributed by atoms with Gasteiger partial charge in [-0.3, -0.25) is 14.8 Å². The Bertz CT molecular complexity index is 776. The van der Waals surface area contributed by atoms with Gasteiger partial charge in [-0.1, -0.05) is 56.2 Å². The average molecular weight is 399 g/mol. The molecule has 2 aromatic rings. The minimum Gasteiger partial charge on any atom is -0.339 e. The highest BCUT2D eigenvalue weighted by molar-refractivity contribution is 5.97. The molecule has 0 unspecified atom stereocenters. The molecule has 0 saturated carbocycles. The fraction of sp³-hybridized carbons (Fsp3) is 0.364. The highest BCUT2D eigenvalue weighted by Gasteiger charge is 2.19. The zero-order chi connectivity index (χ0) is 21.1. The van der Waals surface area contributed by atoms with Gasteiger partial charge < -0.3 is 16.4 Å². The van der Waals surface area contributed by atoms with E-state index in [0.29, 0.717) is 5.56 Å². The molecule has 0 aromatic heterocycles. The quantitative estimate of drug-likeness (QED) is 0.226. The standard InChI is InChI=1S/C22H30N4O3/c1-2-3-4-13-24-15-16-5-7-17(8-6-16)18-9-11-19(12-10-18)21(27)25-20(14-23)22(28)26-29/h5-12,20,24,29H,2-4,13-15,23H2,1H3,(H,25,27)(H,26,28)/t20-/m0/s1. The molecule has 2 aromatic carbocycles. The summed E-state index contributed by atoms with van der Waals surface area (Å²) in [6, 6.07) is 14.4. The number of nitrogens with two attached hydrogens (primary N) is 1. The third-order valence-electron chi connectivity index (χ3n) is 4.69. The van der Waals surface area contributed by atoms with Crippen LogP contribution in [0.5, 0.6) is 0 Å². The van der Waals surface area contributed by atoms with Crippen LogP contribution in [0.2, 0.25) is 0 Å². The number of hydroxylamine groups is 1. The summed E-state index contributed by atoms with van der Waals surface area (Å²) in [5.74, 6) is -1.18. The van der Waals surface area contributed by atoms with Crippen molar-refractivity contribution in [1.82, 2.24) is 16.1 Å². The molecule has 0 aliphatic heterocycles. The Hall–Kier alpha value is -2.74. The van der Waals surface area contributed by atoms with Crippen LogP contribution in [0.3, 0.4) is 0 Å². The van der Waals surface area contributed by atoms with E-state index in [0.717, 1.165) is 24.2 Å². The van der Waals surface area contributed by atoms with E-state index >= 15 is 0 Å². The highest BCUT2D eigenvalue weighted by atomic mass is 16.5. The van der Waals surface area contributed by atoms with Gasteiger partial charge >= 0.3 is 0 Å². The summed E-state index contributed by atoms with van der Waals surface area (Å²) in [7, 11) is 0. The molecule has 0 fully saturated rings. The predicted octanol–water partition coefficient (Wildman–Crippen LogP) is 2.20. The lowest BCUT2D eigenvalue weighted by molar-refractivity contribution is -0.130. The molecular formula is C22H30N4O3. The summed E-state index contributed by atoms with van der Waals surface area (Å²) >= 11 is 0. The first kappa shape index (κ1) is 22.5. The van der Waals surface area contributed by atoms with E-state index in [1.807, 2.05) is 12.1 Å². The van der Waals surface area contributed by atoms with E-state index in [1.165, 1.54) is 30.3 Å². The number of unbranched alkanes of at least 4 members (excludes halogenated alkanes) is 2. The molecule has 7 nitrogen and oxygen atoms in total. The van der Waals surface area contributed by atoms with Gasteiger partial charge in [0.05, 0.1) is 0 Å². The number of benzene rings is 2. The number of carbonyl (C=O) groups is 2. The molecule has 0 radical (unpaired) electrons. The van der Waals surface area contributed by atoms with E-state index in [-0.39, 0.29) is 6.54 Å². The topological polar surface area (TPSA) is 116 Å². The molecule has 0 heterocycles. The van der Waals surface area contributed by atoms with Gasteiger partial charge in [-0.2, -0.15) is 0 Å². The van der Waals surface area contributed by atoms with Gasteiger partial charge in [0.2, 0.25) is 0 Å². The van der Waals surface area contributed by atoms with E-state index < -0.39 is 17.9 Å². The number of hydrogen-bond donors (Lipinski definition) is 5. The summed E-state index contributed by atoms with van der Waals surface area (Å²) in [4.78, 5) is 23.7. The Labute approximate surface area is 171 Å². The number of nitrogens with one attached hydrogen (secondary N) is 3. The van der Waals surface area contributed by atoms with Gasteiger partial charge in [0.1, 0.15) is 6.04 Å². The molecule has 1 atom stereocenters. The second kappa shape index (κ2) is 12.0. The molecule has 29 heavy (non-hydrogen) atoms. The van der Waals surface area contributed by atoms with Crippen LogP contribution < -0.4 is 21.8 Å². The fourth-order valence-electron chi connectivity index (χ4n) is 2.91. The fourth-order valence-corrected chi connectivity index (χ4v) is 2.91. The van der Waals surface area contributed by atoms with Crippen molar-refractivity contribution in [2.75, 3.05) is 13.1 Å². The zero-order valence-electron chi connectivity index (χ0n) is 16.8. The molecule has 156 valence electrons. The molecule has 0 aliphatic rings. The van der Waals surface area contributed by atoms with Crippen LogP contribution in [0.1, 0.15) is 42.1 Å². The summed E-state index contributed by atoms with van der Waals surface area (Å²) in [5.41, 5.74) is 10.6. The summed E-state index contributed by atoms with van der Waals surface area (Å²) < 4.78 is 0. The Morgan fingerprint density at radius 1 is 1.00 bits per heavy atom. The lowest BCUT2D eigenvalue weighted by Gasteiger charge is -2.14. The van der Waals surface area contributed by atoms with Gasteiger partial charge in [-0.05, 0) is 41.8 Å². The normalized spacial score (nSPS) is 11.7. The van der Waals surface area contributed by atoms with E-state index in [2.05, 4.69) is 41.8 Å². The van der Waals surface area contributed by atoms with Gasteiger partial charge in [0.15, 0.2) is 0 Å². The lowest BCUT2D eigenvalue weighted by atomic mass is 10.0. The van der Waals surface area contributed by atoms with E-state index in [4.69, 9.17) is 10.9 Å². The number of hydrogen-bond acceptors (Lipinski definition) is 5. The van der Waals surface area contributed by atoms with Crippen molar-refractivity contribution >= 4 is 11.8 Å². The highest BCUT2D eigenvalue weighted by Crippen LogP contribution is 2.20. The first-order valence-corrected chi connectivity index (χ1v) is 9.94. The molecule has 0 bridgehead atoms. The molecule has 0 aliphatic carbocycles. The molecular weight excluding hydrogens is 368 g/mol. The van der Waals surface area contributed by atoms with Gasteiger partial charge in [-0.25, -0.2) is 5.48 Å². The molecule has 7 heteroatoms. The van der Waals surface area contributed by atoms with Crippen LogP contribution in [-0.2, 0) is 11.3 Å². The maximum atomic E-state index is 12.3. The zero-order valence-corrected chi connectivity index (χ0v) is 16.8. The molecule has 2 rings (SSSR count). The van der Waals surface area contributed by atoms with Crippen molar-refractivity contribution in [3.8, 4) is 11.1 Å². The summed E-state index contributed by atoms with van der Waals surface area (Å²) in [6.07, 6.45) is 3.68. The van der Waals surface area contributed by atoms with Gasteiger partial charge in [0.25, 0.3) is 11.8 Å². The van der Waals surface area contributed by atoms with Crippen LogP contribution in [0.25, 0.3) is 11.1 Å². The Kier molecular flexibility index (Phi) is 9.30. The van der Waals surface area contributed by atoms with Crippen molar-refractivity contribution in [1.29, 1.82) is 0 Å². The third kappa shape index (κ3) is 6.98. The van der Waals surface area contributed by atoms with Crippen LogP contribution in [0.4, 0.5) is 0 Å². The SMILES string of the molecule is CCCCCNCc1ccc(-c2ccc(C(=O)N[C@@H](CN)C(=O)NO)cc2)cc1. The minimum atomic E-state index is -0.990. The molecule has 0 spiro atoms. The Morgan fingerprint density at radius 3 is 2.17 bits per heavy atom. The van der Waals surface area contributed by atoms with Crippen molar-refractivity contribution < 1.29 is 14.8 Å². The molecule has 2 amide bonds. The number of carbonyl (C=O) groups excluding carboxylic acids is 2. The number of rotatable bonds is 11.